The number of hydrogen-bond donors (Lipinski definition) is 0. The van der Waals surface area contributed by atoms with Crippen LogP contribution in [0.1, 0.15) is 117 Å². The summed E-state index contributed by atoms with van der Waals surface area (Å²) in [6.07, 6.45) is 19.9. The Morgan fingerprint density at radius 3 is 2.21 bits per heavy atom. The first kappa shape index (κ1) is 38.1. The maximum absolute atomic E-state index is 12.4. The summed E-state index contributed by atoms with van der Waals surface area (Å²) >= 11 is 0. The molecule has 0 saturated carbocycles. The maximum atomic E-state index is 12.4. The lowest BCUT2D eigenvalue weighted by atomic mass is 9.89. The van der Waals surface area contributed by atoms with Crippen molar-refractivity contribution in [3.63, 3.8) is 0 Å². The standard InChI is InChI=1S/C24H34N4O.C7H6F2.C7H11.C2H6/c1-17-9-8-10-18(2)23-22(17)24(26-16-25-23)27-13-14-28(19(3)29)21(15-27)20-11-6-4-5-7-12-20;1-5-2-6(8)4-7(9)3-5;1-7(2,3)6-4-5-6;1-2/h4,6,9,16,18,20-21H,5,7-8,10-15H2,1-3H3;2-4H,1H3;4-5H,1-3H3;1-2H3/t18?,20?,21-;;;/m0.../s1. The normalized spacial score (nSPS) is 21.9. The highest BCUT2D eigenvalue weighted by Crippen LogP contribution is 2.38. The van der Waals surface area contributed by atoms with Gasteiger partial charge in [-0.3, -0.25) is 4.79 Å². The van der Waals surface area contributed by atoms with E-state index in [-0.39, 0.29) is 11.9 Å². The smallest absolute Gasteiger partial charge is 0.219 e. The molecule has 2 aromatic rings. The summed E-state index contributed by atoms with van der Waals surface area (Å²) in [5, 5.41) is 0. The third-order valence-corrected chi connectivity index (χ3v) is 9.19. The number of rotatable bonds is 2. The number of nitrogens with zero attached hydrogens (tertiary/aromatic N) is 4. The molecule has 7 heteroatoms. The number of carbonyl (C=O) groups excluding carboxylic acids is 1. The molecule has 0 bridgehead atoms. The topological polar surface area (TPSA) is 49.3 Å². The number of hydrogen-bond acceptors (Lipinski definition) is 4. The number of benzene rings is 1. The molecule has 1 aromatic heterocycles. The molecular weight excluding hydrogens is 590 g/mol. The van der Waals surface area contributed by atoms with E-state index >= 15 is 0 Å². The second-order valence-electron chi connectivity index (χ2n) is 13.9. The van der Waals surface area contributed by atoms with E-state index < -0.39 is 11.6 Å². The van der Waals surface area contributed by atoms with Gasteiger partial charge in [0.15, 0.2) is 0 Å². The van der Waals surface area contributed by atoms with Crippen LogP contribution in [0, 0.1) is 36.3 Å². The van der Waals surface area contributed by atoms with Crippen LogP contribution in [-0.2, 0) is 4.79 Å². The molecule has 2 heterocycles. The van der Waals surface area contributed by atoms with Crippen molar-refractivity contribution in [2.24, 2.45) is 11.3 Å². The van der Waals surface area contributed by atoms with Crippen LogP contribution in [0.5, 0.6) is 0 Å². The number of halogens is 2. The SMILES string of the molecule is CC.CC(=O)N1CCN(c2ncnc3c2C(C)=CCCC3C)C[C@H]1C1CC=CCCC1.CC(C)(C)C1=C[CH]1.Cc1cc(F)cc(F)c1. The summed E-state index contributed by atoms with van der Waals surface area (Å²) in [5.41, 5.74) is 6.22. The van der Waals surface area contributed by atoms with Crippen molar-refractivity contribution in [3.05, 3.63) is 89.3 Å². The summed E-state index contributed by atoms with van der Waals surface area (Å²) in [6.45, 7) is 21.0. The Hall–Kier alpha value is -3.35. The molecule has 5 nitrogen and oxygen atoms in total. The van der Waals surface area contributed by atoms with E-state index in [0.717, 1.165) is 57.2 Å². The van der Waals surface area contributed by atoms with Crippen LogP contribution in [0.4, 0.5) is 14.6 Å². The Morgan fingerprint density at radius 1 is 0.957 bits per heavy atom. The number of allylic oxidation sites excluding steroid dienone is 6. The second-order valence-corrected chi connectivity index (χ2v) is 13.9. The zero-order chi connectivity index (χ0) is 34.7. The Morgan fingerprint density at radius 2 is 1.64 bits per heavy atom. The van der Waals surface area contributed by atoms with Gasteiger partial charge in [0.2, 0.25) is 5.91 Å². The predicted octanol–water partition coefficient (Wildman–Crippen LogP) is 10.0. The molecule has 1 amide bonds. The van der Waals surface area contributed by atoms with Gasteiger partial charge in [0.25, 0.3) is 0 Å². The molecule has 1 aromatic carbocycles. The van der Waals surface area contributed by atoms with E-state index in [2.05, 4.69) is 80.1 Å². The number of anilines is 1. The lowest BCUT2D eigenvalue weighted by Crippen LogP contribution is -2.57. The zero-order valence-electron chi connectivity index (χ0n) is 30.2. The van der Waals surface area contributed by atoms with Crippen molar-refractivity contribution in [1.82, 2.24) is 14.9 Å². The molecule has 1 aliphatic heterocycles. The molecule has 3 aliphatic carbocycles. The summed E-state index contributed by atoms with van der Waals surface area (Å²) in [6, 6.07) is 3.67. The fourth-order valence-electron chi connectivity index (χ4n) is 6.55. The van der Waals surface area contributed by atoms with Crippen molar-refractivity contribution in [3.8, 4) is 0 Å². The van der Waals surface area contributed by atoms with Gasteiger partial charge < -0.3 is 9.80 Å². The van der Waals surface area contributed by atoms with Gasteiger partial charge in [0, 0.05) is 44.6 Å². The van der Waals surface area contributed by atoms with Crippen LogP contribution >= 0.6 is 0 Å². The molecule has 4 aliphatic rings. The molecule has 0 spiro atoms. The van der Waals surface area contributed by atoms with Crippen molar-refractivity contribution < 1.29 is 13.6 Å². The number of piperazine rings is 1. The lowest BCUT2D eigenvalue weighted by Gasteiger charge is -2.45. The Bertz CT molecular complexity index is 1370. The summed E-state index contributed by atoms with van der Waals surface area (Å²) in [5.74, 6) is 1.20. The Kier molecular flexibility index (Phi) is 14.4. The van der Waals surface area contributed by atoms with E-state index in [0.29, 0.717) is 22.8 Å². The highest BCUT2D eigenvalue weighted by atomic mass is 19.1. The van der Waals surface area contributed by atoms with Gasteiger partial charge in [0.05, 0.1) is 11.7 Å². The van der Waals surface area contributed by atoms with Crippen LogP contribution < -0.4 is 4.90 Å². The maximum Gasteiger partial charge on any atom is 0.219 e. The molecule has 0 N–H and O–H groups in total. The zero-order valence-corrected chi connectivity index (χ0v) is 30.2. The highest BCUT2D eigenvalue weighted by Gasteiger charge is 2.36. The quantitative estimate of drug-likeness (QED) is 0.305. The van der Waals surface area contributed by atoms with Crippen molar-refractivity contribution >= 4 is 17.3 Å². The summed E-state index contributed by atoms with van der Waals surface area (Å²) in [4.78, 5) is 26.4. The van der Waals surface area contributed by atoms with Gasteiger partial charge in [0.1, 0.15) is 23.8 Å². The minimum atomic E-state index is -0.521. The van der Waals surface area contributed by atoms with Crippen molar-refractivity contribution in [2.45, 2.75) is 113 Å². The van der Waals surface area contributed by atoms with E-state index in [9.17, 15) is 13.6 Å². The monoisotopic (exact) mass is 647 g/mol. The average Bonchev–Trinajstić information content (AvgIpc) is 3.90. The molecule has 257 valence electrons. The second kappa shape index (κ2) is 17.7. The largest absolute Gasteiger partial charge is 0.352 e. The third-order valence-electron chi connectivity index (χ3n) is 9.19. The van der Waals surface area contributed by atoms with Crippen LogP contribution in [0.3, 0.4) is 0 Å². The number of fused-ring (bicyclic) bond motifs is 1. The number of carbonyl (C=O) groups is 1. The number of aryl methyl sites for hydroxylation is 1. The van der Waals surface area contributed by atoms with Gasteiger partial charge in [-0.05, 0) is 92.9 Å². The van der Waals surface area contributed by atoms with Gasteiger partial charge in [-0.25, -0.2) is 18.7 Å². The molecule has 2 unspecified atom stereocenters. The first-order valence-corrected chi connectivity index (χ1v) is 17.5. The predicted molar refractivity (Wildman–Crippen MR) is 192 cm³/mol. The first-order chi connectivity index (χ1) is 22.3. The number of aromatic nitrogens is 2. The van der Waals surface area contributed by atoms with Gasteiger partial charge >= 0.3 is 0 Å². The van der Waals surface area contributed by atoms with Gasteiger partial charge in [-0.2, -0.15) is 0 Å². The molecule has 1 saturated heterocycles. The Balaban J connectivity index is 0.000000271. The minimum Gasteiger partial charge on any atom is -0.352 e. The Labute approximate surface area is 283 Å². The van der Waals surface area contributed by atoms with Gasteiger partial charge in [-0.1, -0.05) is 71.4 Å². The van der Waals surface area contributed by atoms with E-state index in [1.54, 1.807) is 20.2 Å². The third kappa shape index (κ3) is 11.1. The minimum absolute atomic E-state index is 0.203. The van der Waals surface area contributed by atoms with Crippen molar-refractivity contribution in [2.75, 3.05) is 24.5 Å². The first-order valence-electron chi connectivity index (χ1n) is 17.5. The van der Waals surface area contributed by atoms with Gasteiger partial charge in [-0.15, -0.1) is 0 Å². The average molecular weight is 648 g/mol. The lowest BCUT2D eigenvalue weighted by molar-refractivity contribution is -0.132. The molecule has 47 heavy (non-hydrogen) atoms. The molecule has 3 atom stereocenters. The van der Waals surface area contributed by atoms with Crippen LogP contribution in [0.15, 0.2) is 54.4 Å². The van der Waals surface area contributed by atoms with E-state index in [1.807, 2.05) is 13.8 Å². The van der Waals surface area contributed by atoms with E-state index in [1.165, 1.54) is 47.4 Å². The van der Waals surface area contributed by atoms with Crippen LogP contribution in [0.25, 0.3) is 5.57 Å². The molecule has 1 radical (unpaired) electrons. The van der Waals surface area contributed by atoms with Crippen LogP contribution in [-0.4, -0.2) is 46.5 Å². The molecule has 1 fully saturated rings. The fourth-order valence-corrected chi connectivity index (χ4v) is 6.55. The molecular formula is C40H57F2N4O. The van der Waals surface area contributed by atoms with Crippen molar-refractivity contribution in [1.29, 1.82) is 0 Å². The number of amides is 1. The summed E-state index contributed by atoms with van der Waals surface area (Å²) in [7, 11) is 0. The fraction of sp³-hybridized carbons (Fsp3) is 0.550. The summed E-state index contributed by atoms with van der Waals surface area (Å²) < 4.78 is 24.4. The molecule has 6 rings (SSSR count). The van der Waals surface area contributed by atoms with E-state index in [4.69, 9.17) is 4.98 Å². The highest BCUT2D eigenvalue weighted by molar-refractivity contribution is 5.77. The van der Waals surface area contributed by atoms with Crippen LogP contribution in [0.2, 0.25) is 0 Å².